The van der Waals surface area contributed by atoms with Gasteiger partial charge in [-0.3, -0.25) is 4.79 Å². The summed E-state index contributed by atoms with van der Waals surface area (Å²) in [5, 5.41) is 3.94. The number of furan rings is 1. The number of hydrogen-bond acceptors (Lipinski definition) is 5. The van der Waals surface area contributed by atoms with Crippen LogP contribution in [0.15, 0.2) is 21.1 Å². The smallest absolute Gasteiger partial charge is 0.226 e. The van der Waals surface area contributed by atoms with Gasteiger partial charge in [0.1, 0.15) is 11.5 Å². The molecule has 136 valence electrons. The summed E-state index contributed by atoms with van der Waals surface area (Å²) in [5.41, 5.74) is 0. The van der Waals surface area contributed by atoms with Crippen LogP contribution in [-0.4, -0.2) is 28.0 Å². The van der Waals surface area contributed by atoms with Crippen molar-refractivity contribution in [1.82, 2.24) is 15.0 Å². The molecular weight excluding hydrogens is 318 g/mol. The predicted molar refractivity (Wildman–Crippen MR) is 93.0 cm³/mol. The Morgan fingerprint density at radius 3 is 2.80 bits per heavy atom. The Balaban J connectivity index is 1.42. The van der Waals surface area contributed by atoms with Gasteiger partial charge in [0.25, 0.3) is 0 Å². The summed E-state index contributed by atoms with van der Waals surface area (Å²) in [6.45, 7) is 6.79. The molecule has 2 aromatic rings. The van der Waals surface area contributed by atoms with E-state index in [2.05, 4.69) is 17.1 Å². The van der Waals surface area contributed by atoms with Crippen LogP contribution in [-0.2, 0) is 17.8 Å². The van der Waals surface area contributed by atoms with Gasteiger partial charge in [0, 0.05) is 31.7 Å². The second-order valence-corrected chi connectivity index (χ2v) is 7.43. The minimum Gasteiger partial charge on any atom is -0.464 e. The molecule has 0 saturated heterocycles. The minimum absolute atomic E-state index is 0.0985. The second kappa shape index (κ2) is 7.42. The largest absolute Gasteiger partial charge is 0.464 e. The Morgan fingerprint density at radius 1 is 1.40 bits per heavy atom. The van der Waals surface area contributed by atoms with Crippen molar-refractivity contribution in [2.75, 3.05) is 7.05 Å². The van der Waals surface area contributed by atoms with Crippen molar-refractivity contribution in [3.63, 3.8) is 0 Å². The summed E-state index contributed by atoms with van der Waals surface area (Å²) < 4.78 is 11.1. The number of hydrogen-bond donors (Lipinski definition) is 0. The van der Waals surface area contributed by atoms with E-state index >= 15 is 0 Å². The van der Waals surface area contributed by atoms with Gasteiger partial charge < -0.3 is 13.8 Å². The van der Waals surface area contributed by atoms with Gasteiger partial charge >= 0.3 is 0 Å². The first-order valence-electron chi connectivity index (χ1n) is 9.09. The Hall–Kier alpha value is -2.11. The molecule has 6 nitrogen and oxygen atoms in total. The Kier molecular flexibility index (Phi) is 5.25. The maximum absolute atomic E-state index is 12.3. The van der Waals surface area contributed by atoms with Gasteiger partial charge in [-0.15, -0.1) is 0 Å². The van der Waals surface area contributed by atoms with Crippen LogP contribution >= 0.6 is 0 Å². The highest BCUT2D eigenvalue weighted by Gasteiger charge is 2.36. The predicted octanol–water partition coefficient (Wildman–Crippen LogP) is 3.89. The highest BCUT2D eigenvalue weighted by molar-refractivity contribution is 5.75. The van der Waals surface area contributed by atoms with Crippen LogP contribution in [0.2, 0.25) is 0 Å². The summed E-state index contributed by atoms with van der Waals surface area (Å²) in [7, 11) is 1.81. The summed E-state index contributed by atoms with van der Waals surface area (Å²) >= 11 is 0. The number of aromatic nitrogens is 2. The van der Waals surface area contributed by atoms with Crippen LogP contribution in [0.3, 0.4) is 0 Å². The third-order valence-electron chi connectivity index (χ3n) is 4.76. The fourth-order valence-corrected chi connectivity index (χ4v) is 2.91. The first-order chi connectivity index (χ1) is 11.9. The molecule has 0 unspecified atom stereocenters. The Labute approximate surface area is 148 Å². The third kappa shape index (κ3) is 4.50. The van der Waals surface area contributed by atoms with E-state index in [4.69, 9.17) is 8.94 Å². The molecule has 2 atom stereocenters. The van der Waals surface area contributed by atoms with E-state index in [1.807, 2.05) is 33.0 Å². The number of amides is 1. The lowest BCUT2D eigenvalue weighted by molar-refractivity contribution is -0.130. The zero-order chi connectivity index (χ0) is 18.0. The third-order valence-corrected chi connectivity index (χ3v) is 4.76. The normalized spacial score (nSPS) is 19.4. The molecule has 3 rings (SSSR count). The van der Waals surface area contributed by atoms with Gasteiger partial charge in [0.05, 0.1) is 6.54 Å². The average Bonchev–Trinajstić information content (AvgIpc) is 2.98. The fourth-order valence-electron chi connectivity index (χ4n) is 2.91. The van der Waals surface area contributed by atoms with Crippen LogP contribution in [0.1, 0.15) is 75.1 Å². The lowest BCUT2D eigenvalue weighted by atomic mass is 10.2. The van der Waals surface area contributed by atoms with Crippen molar-refractivity contribution >= 4 is 5.91 Å². The molecule has 1 amide bonds. The van der Waals surface area contributed by atoms with Crippen molar-refractivity contribution in [1.29, 1.82) is 0 Å². The number of aryl methyl sites for hydroxylation is 1. The van der Waals surface area contributed by atoms with Crippen LogP contribution in [0.4, 0.5) is 0 Å². The quantitative estimate of drug-likeness (QED) is 0.726. The van der Waals surface area contributed by atoms with E-state index in [0.717, 1.165) is 23.3 Å². The van der Waals surface area contributed by atoms with Crippen LogP contribution < -0.4 is 0 Å². The van der Waals surface area contributed by atoms with Gasteiger partial charge in [0.2, 0.25) is 11.8 Å². The average molecular weight is 345 g/mol. The fraction of sp³-hybridized carbons (Fsp3) is 0.632. The van der Waals surface area contributed by atoms with E-state index in [-0.39, 0.29) is 11.8 Å². The van der Waals surface area contributed by atoms with Gasteiger partial charge in [-0.2, -0.15) is 4.98 Å². The molecule has 0 bridgehead atoms. The van der Waals surface area contributed by atoms with Gasteiger partial charge in [0.15, 0.2) is 5.82 Å². The molecule has 2 heterocycles. The molecule has 0 aliphatic heterocycles. The van der Waals surface area contributed by atoms with Crippen LogP contribution in [0, 0.1) is 5.92 Å². The lowest BCUT2D eigenvalue weighted by Gasteiger charge is -2.15. The zero-order valence-corrected chi connectivity index (χ0v) is 15.5. The summed E-state index contributed by atoms with van der Waals surface area (Å²) in [4.78, 5) is 18.3. The van der Waals surface area contributed by atoms with Gasteiger partial charge in [-0.05, 0) is 30.9 Å². The standard InChI is InChI=1S/C19H27N3O3/c1-12(2)19-20-17(25-21-19)6-5-7-18(23)22(4)11-14-8-9-16(24-14)15-10-13(15)3/h8-9,12-13,15H,5-7,10-11H2,1-4H3/t13-,15-/m0/s1. The number of nitrogens with zero attached hydrogens (tertiary/aromatic N) is 3. The maximum atomic E-state index is 12.3. The molecule has 1 aliphatic rings. The van der Waals surface area contributed by atoms with Crippen LogP contribution in [0.25, 0.3) is 0 Å². The van der Waals surface area contributed by atoms with E-state index in [0.29, 0.717) is 37.6 Å². The molecule has 2 aromatic heterocycles. The van der Waals surface area contributed by atoms with Crippen molar-refractivity contribution in [3.8, 4) is 0 Å². The first-order valence-corrected chi connectivity index (χ1v) is 9.09. The molecule has 0 spiro atoms. The number of carbonyl (C=O) groups is 1. The Morgan fingerprint density at radius 2 is 2.16 bits per heavy atom. The van der Waals surface area contributed by atoms with Crippen molar-refractivity contribution in [2.45, 2.75) is 64.8 Å². The topological polar surface area (TPSA) is 72.4 Å². The molecule has 25 heavy (non-hydrogen) atoms. The van der Waals surface area contributed by atoms with Crippen molar-refractivity contribution in [3.05, 3.63) is 35.4 Å². The number of rotatable bonds is 8. The molecule has 1 aliphatic carbocycles. The first kappa shape index (κ1) is 17.7. The molecule has 0 radical (unpaired) electrons. The molecular formula is C19H27N3O3. The monoisotopic (exact) mass is 345 g/mol. The van der Waals surface area contributed by atoms with E-state index in [9.17, 15) is 4.79 Å². The Bertz CT molecular complexity index is 719. The SMILES string of the molecule is CC(C)c1noc(CCCC(=O)N(C)Cc2ccc([C@H]3C[C@@H]3C)o2)n1. The van der Waals surface area contributed by atoms with E-state index in [1.54, 1.807) is 4.90 Å². The van der Waals surface area contributed by atoms with Gasteiger partial charge in [-0.1, -0.05) is 25.9 Å². The summed E-state index contributed by atoms with van der Waals surface area (Å²) in [6, 6.07) is 4.03. The number of carbonyl (C=O) groups excluding carboxylic acids is 1. The van der Waals surface area contributed by atoms with Crippen molar-refractivity contribution < 1.29 is 13.7 Å². The second-order valence-electron chi connectivity index (χ2n) is 7.43. The van der Waals surface area contributed by atoms with Crippen LogP contribution in [0.5, 0.6) is 0 Å². The molecule has 1 saturated carbocycles. The molecule has 0 N–H and O–H groups in total. The van der Waals surface area contributed by atoms with E-state index < -0.39 is 0 Å². The zero-order valence-electron chi connectivity index (χ0n) is 15.5. The van der Waals surface area contributed by atoms with Crippen molar-refractivity contribution in [2.24, 2.45) is 5.92 Å². The summed E-state index contributed by atoms with van der Waals surface area (Å²) in [5.74, 6) is 4.87. The molecule has 6 heteroatoms. The van der Waals surface area contributed by atoms with Gasteiger partial charge in [-0.25, -0.2) is 0 Å². The summed E-state index contributed by atoms with van der Waals surface area (Å²) in [6.07, 6.45) is 2.99. The van der Waals surface area contributed by atoms with E-state index in [1.165, 1.54) is 6.42 Å². The highest BCUT2D eigenvalue weighted by Crippen LogP contribution is 2.47. The lowest BCUT2D eigenvalue weighted by Crippen LogP contribution is -2.25. The minimum atomic E-state index is 0.0985. The molecule has 0 aromatic carbocycles. The maximum Gasteiger partial charge on any atom is 0.226 e. The highest BCUT2D eigenvalue weighted by atomic mass is 16.5. The molecule has 1 fully saturated rings.